The average Bonchev–Trinajstić information content (AvgIpc) is 2.71. The minimum atomic E-state index is -1.38. The van der Waals surface area contributed by atoms with E-state index < -0.39 is 41.3 Å². The lowest BCUT2D eigenvalue weighted by Crippen LogP contribution is -2.44. The number of amides is 1. The van der Waals surface area contributed by atoms with Crippen LogP contribution in [0.4, 0.5) is 0 Å². The van der Waals surface area contributed by atoms with Gasteiger partial charge in [-0.2, -0.15) is 0 Å². The number of esters is 2. The molecule has 1 amide bonds. The summed E-state index contributed by atoms with van der Waals surface area (Å²) in [5, 5.41) is 2.51. The molecule has 8 heteroatoms. The molecule has 1 N–H and O–H groups in total. The second-order valence-electron chi connectivity index (χ2n) is 5.86. The van der Waals surface area contributed by atoms with E-state index in [0.717, 1.165) is 5.56 Å². The van der Waals surface area contributed by atoms with Crippen LogP contribution < -0.4 is 5.32 Å². The van der Waals surface area contributed by atoms with Crippen LogP contribution in [0.2, 0.25) is 0 Å². The highest BCUT2D eigenvalue weighted by molar-refractivity contribution is 7.84. The Balaban J connectivity index is 1.98. The molecule has 0 aromatic heterocycles. The number of nitrogens with one attached hydrogen (secondary N) is 1. The fourth-order valence-electron chi connectivity index (χ4n) is 2.52. The van der Waals surface area contributed by atoms with Crippen LogP contribution in [0.1, 0.15) is 15.9 Å². The Morgan fingerprint density at radius 1 is 1.04 bits per heavy atom. The van der Waals surface area contributed by atoms with Crippen LogP contribution in [-0.4, -0.2) is 48.1 Å². The molecule has 0 heterocycles. The third kappa shape index (κ3) is 6.02. The van der Waals surface area contributed by atoms with E-state index in [1.54, 1.807) is 18.2 Å². The van der Waals surface area contributed by atoms with E-state index in [-0.39, 0.29) is 12.0 Å². The average molecular weight is 403 g/mol. The van der Waals surface area contributed by atoms with E-state index in [0.29, 0.717) is 4.90 Å². The lowest BCUT2D eigenvalue weighted by molar-refractivity contribution is -0.145. The third-order valence-corrected chi connectivity index (χ3v) is 4.83. The number of ether oxygens (including phenoxy) is 2. The van der Waals surface area contributed by atoms with Gasteiger partial charge in [-0.25, -0.2) is 9.59 Å². The largest absolute Gasteiger partial charge is 0.467 e. The van der Waals surface area contributed by atoms with Crippen molar-refractivity contribution in [3.63, 3.8) is 0 Å². The first-order valence-corrected chi connectivity index (χ1v) is 9.99. The van der Waals surface area contributed by atoms with Crippen molar-refractivity contribution in [1.82, 2.24) is 5.32 Å². The number of carbonyl (C=O) groups excluding carboxylic acids is 3. The summed E-state index contributed by atoms with van der Waals surface area (Å²) >= 11 is 0. The second-order valence-corrected chi connectivity index (χ2v) is 7.21. The normalized spacial score (nSPS) is 12.5. The zero-order chi connectivity index (χ0) is 20.5. The molecule has 7 nitrogen and oxygen atoms in total. The topological polar surface area (TPSA) is 98.8 Å². The maximum absolute atomic E-state index is 12.2. The third-order valence-electron chi connectivity index (χ3n) is 3.85. The maximum Gasteiger partial charge on any atom is 0.339 e. The fraction of sp³-hybridized carbons (Fsp3) is 0.250. The molecule has 0 aliphatic rings. The van der Waals surface area contributed by atoms with Crippen molar-refractivity contribution in [2.45, 2.75) is 17.4 Å². The standard InChI is InChI=1S/C20H21NO6S/c1-26-20(24)16(12-14-8-4-3-5-9-14)21-18(22)13-27-19(23)15-10-6-7-11-17(15)28(2)25/h3-11,16H,12-13H2,1-2H3,(H,21,22)/t16-,28+/m0/s1. The molecule has 2 aromatic rings. The number of methoxy groups -OCH3 is 1. The van der Waals surface area contributed by atoms with Crippen molar-refractivity contribution in [2.24, 2.45) is 0 Å². The monoisotopic (exact) mass is 403 g/mol. The van der Waals surface area contributed by atoms with Gasteiger partial charge in [0.15, 0.2) is 6.61 Å². The van der Waals surface area contributed by atoms with Crippen molar-refractivity contribution >= 4 is 28.6 Å². The molecule has 0 spiro atoms. The Morgan fingerprint density at radius 2 is 1.68 bits per heavy atom. The van der Waals surface area contributed by atoms with Gasteiger partial charge >= 0.3 is 11.9 Å². The van der Waals surface area contributed by atoms with Crippen molar-refractivity contribution < 1.29 is 28.1 Å². The molecule has 2 rings (SSSR count). The Bertz CT molecular complexity index is 868. The Morgan fingerprint density at radius 3 is 2.32 bits per heavy atom. The number of rotatable bonds is 8. The van der Waals surface area contributed by atoms with Crippen molar-refractivity contribution in [1.29, 1.82) is 0 Å². The Kier molecular flexibility index (Phi) is 7.88. The van der Waals surface area contributed by atoms with Crippen LogP contribution in [0.15, 0.2) is 59.5 Å². The highest BCUT2D eigenvalue weighted by atomic mass is 32.2. The van der Waals surface area contributed by atoms with Gasteiger partial charge in [0.2, 0.25) is 0 Å². The molecule has 2 atom stereocenters. The van der Waals surface area contributed by atoms with Crippen molar-refractivity contribution in [3.8, 4) is 0 Å². The van der Waals surface area contributed by atoms with E-state index in [1.807, 2.05) is 30.3 Å². The zero-order valence-electron chi connectivity index (χ0n) is 15.5. The van der Waals surface area contributed by atoms with Gasteiger partial charge in [0, 0.05) is 12.7 Å². The highest BCUT2D eigenvalue weighted by Crippen LogP contribution is 2.13. The summed E-state index contributed by atoms with van der Waals surface area (Å²) < 4.78 is 21.4. The molecule has 0 fully saturated rings. The quantitative estimate of drug-likeness (QED) is 0.671. The summed E-state index contributed by atoms with van der Waals surface area (Å²) in [6.07, 6.45) is 1.69. The lowest BCUT2D eigenvalue weighted by atomic mass is 10.1. The molecular weight excluding hydrogens is 382 g/mol. The molecule has 2 aromatic carbocycles. The van der Waals surface area contributed by atoms with Crippen LogP contribution in [0.25, 0.3) is 0 Å². The lowest BCUT2D eigenvalue weighted by Gasteiger charge is -2.16. The first-order chi connectivity index (χ1) is 13.4. The van der Waals surface area contributed by atoms with Gasteiger partial charge in [0.1, 0.15) is 6.04 Å². The highest BCUT2D eigenvalue weighted by Gasteiger charge is 2.23. The van der Waals surface area contributed by atoms with E-state index in [4.69, 9.17) is 9.47 Å². The second kappa shape index (κ2) is 10.4. The van der Waals surface area contributed by atoms with Crippen LogP contribution >= 0.6 is 0 Å². The zero-order valence-corrected chi connectivity index (χ0v) is 16.4. The van der Waals surface area contributed by atoms with Crippen LogP contribution in [-0.2, 0) is 36.3 Å². The Labute approximate surface area is 165 Å². The number of carbonyl (C=O) groups is 3. The van der Waals surface area contributed by atoms with Crippen LogP contribution in [0, 0.1) is 0 Å². The number of hydrogen-bond donors (Lipinski definition) is 1. The summed E-state index contributed by atoms with van der Waals surface area (Å²) in [6, 6.07) is 14.5. The number of benzene rings is 2. The molecule has 0 saturated carbocycles. The van der Waals surface area contributed by atoms with E-state index in [1.165, 1.54) is 19.4 Å². The summed E-state index contributed by atoms with van der Waals surface area (Å²) in [7, 11) is -0.147. The van der Waals surface area contributed by atoms with Crippen molar-refractivity contribution in [3.05, 3.63) is 65.7 Å². The minimum absolute atomic E-state index is 0.130. The SMILES string of the molecule is COC(=O)[C@H](Cc1ccccc1)NC(=O)COC(=O)c1ccccc1[S@@](C)=O. The molecule has 0 unspecified atom stereocenters. The molecular formula is C20H21NO6S. The first-order valence-electron chi connectivity index (χ1n) is 8.43. The maximum atomic E-state index is 12.2. The minimum Gasteiger partial charge on any atom is -0.467 e. The van der Waals surface area contributed by atoms with Gasteiger partial charge in [-0.05, 0) is 17.7 Å². The number of hydrogen-bond acceptors (Lipinski definition) is 6. The van der Waals surface area contributed by atoms with Gasteiger partial charge in [-0.1, -0.05) is 42.5 Å². The molecule has 148 valence electrons. The molecule has 28 heavy (non-hydrogen) atoms. The van der Waals surface area contributed by atoms with Crippen molar-refractivity contribution in [2.75, 3.05) is 20.0 Å². The van der Waals surface area contributed by atoms with E-state index >= 15 is 0 Å². The van der Waals surface area contributed by atoms with Crippen LogP contribution in [0.3, 0.4) is 0 Å². The molecule has 0 radical (unpaired) electrons. The predicted octanol–water partition coefficient (Wildman–Crippen LogP) is 1.48. The fourth-order valence-corrected chi connectivity index (χ4v) is 3.25. The predicted molar refractivity (Wildman–Crippen MR) is 103 cm³/mol. The van der Waals surface area contributed by atoms with Gasteiger partial charge < -0.3 is 14.8 Å². The summed E-state index contributed by atoms with van der Waals surface area (Å²) in [6.45, 7) is -0.578. The Hall–Kier alpha value is -3.00. The smallest absolute Gasteiger partial charge is 0.339 e. The molecule has 0 aliphatic heterocycles. The van der Waals surface area contributed by atoms with E-state index in [2.05, 4.69) is 5.32 Å². The van der Waals surface area contributed by atoms with Gasteiger partial charge in [-0.3, -0.25) is 9.00 Å². The van der Waals surface area contributed by atoms with Gasteiger partial charge in [0.05, 0.1) is 28.4 Å². The summed E-state index contributed by atoms with van der Waals surface area (Å²) in [5.74, 6) is -2.01. The van der Waals surface area contributed by atoms with E-state index in [9.17, 15) is 18.6 Å². The first kappa shape index (κ1) is 21.3. The summed E-state index contributed by atoms with van der Waals surface area (Å²) in [5.41, 5.74) is 0.972. The van der Waals surface area contributed by atoms with Crippen LogP contribution in [0.5, 0.6) is 0 Å². The summed E-state index contributed by atoms with van der Waals surface area (Å²) in [4.78, 5) is 36.7. The molecule has 0 saturated heterocycles. The van der Waals surface area contributed by atoms with Gasteiger partial charge in [-0.15, -0.1) is 0 Å². The molecule has 0 aliphatic carbocycles. The molecule has 0 bridgehead atoms. The van der Waals surface area contributed by atoms with Gasteiger partial charge in [0.25, 0.3) is 5.91 Å².